The van der Waals surface area contributed by atoms with Crippen LogP contribution in [0, 0.1) is 5.82 Å². The molecule has 1 aromatic heterocycles. The first kappa shape index (κ1) is 17.5. The standard InChI is InChI=1S/C15H15FN4O3S/c16-10-3-5-11(6-4-10)18-13(21)8-24-9-14(22)19-20-15(23)12-2-1-7-17-12/h1-7,17H,8-9H2,(H,18,21)(H,19,22)(H,20,23). The second-order valence-corrected chi connectivity index (χ2v) is 5.62. The van der Waals surface area contributed by atoms with Crippen LogP contribution in [0.25, 0.3) is 0 Å². The van der Waals surface area contributed by atoms with Gasteiger partial charge in [0.2, 0.25) is 11.8 Å². The zero-order valence-corrected chi connectivity index (χ0v) is 13.3. The van der Waals surface area contributed by atoms with Crippen LogP contribution in [0.5, 0.6) is 0 Å². The lowest BCUT2D eigenvalue weighted by molar-refractivity contribution is -0.119. The number of aromatic amines is 1. The van der Waals surface area contributed by atoms with E-state index in [0.29, 0.717) is 11.4 Å². The summed E-state index contributed by atoms with van der Waals surface area (Å²) in [7, 11) is 0. The van der Waals surface area contributed by atoms with Gasteiger partial charge in [-0.25, -0.2) is 4.39 Å². The summed E-state index contributed by atoms with van der Waals surface area (Å²) in [6.45, 7) is 0. The van der Waals surface area contributed by atoms with Crippen molar-refractivity contribution in [3.05, 3.63) is 54.1 Å². The number of nitrogens with one attached hydrogen (secondary N) is 4. The second kappa shape index (κ2) is 8.73. The normalized spacial score (nSPS) is 10.0. The van der Waals surface area contributed by atoms with Gasteiger partial charge in [0, 0.05) is 11.9 Å². The van der Waals surface area contributed by atoms with E-state index in [4.69, 9.17) is 0 Å². The van der Waals surface area contributed by atoms with Gasteiger partial charge < -0.3 is 10.3 Å². The molecule has 0 saturated carbocycles. The van der Waals surface area contributed by atoms with E-state index in [1.54, 1.807) is 18.3 Å². The number of carbonyl (C=O) groups excluding carboxylic acids is 3. The Morgan fingerprint density at radius 3 is 2.38 bits per heavy atom. The number of thioether (sulfide) groups is 1. The van der Waals surface area contributed by atoms with E-state index in [0.717, 1.165) is 11.8 Å². The molecular formula is C15H15FN4O3S. The van der Waals surface area contributed by atoms with Crippen molar-refractivity contribution in [2.24, 2.45) is 0 Å². The Morgan fingerprint density at radius 2 is 1.71 bits per heavy atom. The molecule has 0 aliphatic carbocycles. The van der Waals surface area contributed by atoms with Crippen molar-refractivity contribution in [1.29, 1.82) is 0 Å². The SMILES string of the molecule is O=C(CSCC(=O)Nc1ccc(F)cc1)NNC(=O)c1ccc[nH]1. The van der Waals surface area contributed by atoms with Gasteiger partial charge in [-0.2, -0.15) is 0 Å². The molecule has 2 rings (SSSR count). The molecule has 0 atom stereocenters. The van der Waals surface area contributed by atoms with Crippen LogP contribution in [-0.4, -0.2) is 34.2 Å². The van der Waals surface area contributed by atoms with Gasteiger partial charge in [0.25, 0.3) is 5.91 Å². The van der Waals surface area contributed by atoms with E-state index < -0.39 is 11.8 Å². The molecule has 4 N–H and O–H groups in total. The largest absolute Gasteiger partial charge is 0.357 e. The first-order chi connectivity index (χ1) is 11.5. The number of rotatable bonds is 6. The lowest BCUT2D eigenvalue weighted by Gasteiger charge is -2.07. The number of H-pyrrole nitrogens is 1. The van der Waals surface area contributed by atoms with E-state index in [1.165, 1.54) is 24.3 Å². The van der Waals surface area contributed by atoms with E-state index in [2.05, 4.69) is 21.2 Å². The summed E-state index contributed by atoms with van der Waals surface area (Å²) in [5.74, 6) is -1.55. The summed E-state index contributed by atoms with van der Waals surface area (Å²) in [6, 6.07) is 8.59. The van der Waals surface area contributed by atoms with Crippen LogP contribution in [0.4, 0.5) is 10.1 Å². The average molecular weight is 350 g/mol. The fourth-order valence-corrected chi connectivity index (χ4v) is 2.29. The number of halogens is 1. The highest BCUT2D eigenvalue weighted by Gasteiger charge is 2.09. The molecule has 0 saturated heterocycles. The summed E-state index contributed by atoms with van der Waals surface area (Å²) in [5, 5.41) is 2.58. The minimum Gasteiger partial charge on any atom is -0.357 e. The van der Waals surface area contributed by atoms with E-state index in [9.17, 15) is 18.8 Å². The van der Waals surface area contributed by atoms with Crippen molar-refractivity contribution < 1.29 is 18.8 Å². The highest BCUT2D eigenvalue weighted by molar-refractivity contribution is 8.00. The van der Waals surface area contributed by atoms with Crippen molar-refractivity contribution >= 4 is 35.2 Å². The van der Waals surface area contributed by atoms with Gasteiger partial charge in [0.1, 0.15) is 11.5 Å². The molecule has 0 fully saturated rings. The maximum Gasteiger partial charge on any atom is 0.286 e. The molecular weight excluding hydrogens is 335 g/mol. The molecule has 0 spiro atoms. The number of hydrazine groups is 1. The molecule has 0 aliphatic heterocycles. The van der Waals surface area contributed by atoms with Crippen molar-refractivity contribution in [2.45, 2.75) is 0 Å². The Morgan fingerprint density at radius 1 is 1.00 bits per heavy atom. The molecule has 0 unspecified atom stereocenters. The van der Waals surface area contributed by atoms with Crippen LogP contribution in [0.3, 0.4) is 0 Å². The summed E-state index contributed by atoms with van der Waals surface area (Å²) >= 11 is 1.08. The molecule has 7 nitrogen and oxygen atoms in total. The molecule has 1 aromatic carbocycles. The van der Waals surface area contributed by atoms with Crippen LogP contribution in [0.1, 0.15) is 10.5 Å². The zero-order valence-electron chi connectivity index (χ0n) is 12.5. The number of benzene rings is 1. The molecule has 0 aliphatic rings. The highest BCUT2D eigenvalue weighted by Crippen LogP contribution is 2.09. The average Bonchev–Trinajstić information content (AvgIpc) is 3.09. The Kier molecular flexibility index (Phi) is 6.38. The zero-order chi connectivity index (χ0) is 17.4. The van der Waals surface area contributed by atoms with Crippen LogP contribution in [0.2, 0.25) is 0 Å². The van der Waals surface area contributed by atoms with Gasteiger partial charge in [-0.15, -0.1) is 11.8 Å². The van der Waals surface area contributed by atoms with Crippen LogP contribution < -0.4 is 16.2 Å². The first-order valence-corrected chi connectivity index (χ1v) is 8.06. The number of hydrogen-bond donors (Lipinski definition) is 4. The number of anilines is 1. The summed E-state index contributed by atoms with van der Waals surface area (Å²) < 4.78 is 12.7. The monoisotopic (exact) mass is 350 g/mol. The third-order valence-corrected chi connectivity index (χ3v) is 3.68. The van der Waals surface area contributed by atoms with E-state index in [1.807, 2.05) is 0 Å². The topological polar surface area (TPSA) is 103 Å². The Labute approximate surface area is 141 Å². The van der Waals surface area contributed by atoms with Crippen molar-refractivity contribution in [3.8, 4) is 0 Å². The number of carbonyl (C=O) groups is 3. The quantitative estimate of drug-likeness (QED) is 0.589. The Hall–Kier alpha value is -2.81. The second-order valence-electron chi connectivity index (χ2n) is 4.63. The summed E-state index contributed by atoms with van der Waals surface area (Å²) in [6.07, 6.45) is 1.59. The Balaban J connectivity index is 1.62. The van der Waals surface area contributed by atoms with Gasteiger partial charge in [0.15, 0.2) is 0 Å². The minimum absolute atomic E-state index is 0.00183. The molecule has 3 amide bonds. The summed E-state index contributed by atoms with van der Waals surface area (Å²) in [5.41, 5.74) is 5.29. The lowest BCUT2D eigenvalue weighted by atomic mass is 10.3. The van der Waals surface area contributed by atoms with Crippen molar-refractivity contribution in [3.63, 3.8) is 0 Å². The fourth-order valence-electron chi connectivity index (χ4n) is 1.67. The van der Waals surface area contributed by atoms with Gasteiger partial charge in [-0.05, 0) is 36.4 Å². The minimum atomic E-state index is -0.465. The number of aromatic nitrogens is 1. The molecule has 0 radical (unpaired) electrons. The van der Waals surface area contributed by atoms with Crippen LogP contribution >= 0.6 is 11.8 Å². The smallest absolute Gasteiger partial charge is 0.286 e. The molecule has 2 aromatic rings. The lowest BCUT2D eigenvalue weighted by Crippen LogP contribution is -2.42. The predicted molar refractivity (Wildman–Crippen MR) is 88.8 cm³/mol. The maximum atomic E-state index is 12.7. The highest BCUT2D eigenvalue weighted by atomic mass is 32.2. The van der Waals surface area contributed by atoms with Crippen molar-refractivity contribution in [2.75, 3.05) is 16.8 Å². The molecule has 24 heavy (non-hydrogen) atoms. The molecule has 9 heteroatoms. The van der Waals surface area contributed by atoms with Gasteiger partial charge in [-0.1, -0.05) is 0 Å². The summed E-state index contributed by atoms with van der Waals surface area (Å²) in [4.78, 5) is 37.5. The van der Waals surface area contributed by atoms with Crippen LogP contribution in [0.15, 0.2) is 42.6 Å². The fraction of sp³-hybridized carbons (Fsp3) is 0.133. The van der Waals surface area contributed by atoms with Gasteiger partial charge in [0.05, 0.1) is 11.5 Å². The third kappa shape index (κ3) is 5.76. The maximum absolute atomic E-state index is 12.7. The number of amides is 3. The van der Waals surface area contributed by atoms with Gasteiger partial charge >= 0.3 is 0 Å². The Bertz CT molecular complexity index is 704. The molecule has 0 bridgehead atoms. The molecule has 1 heterocycles. The number of hydrogen-bond acceptors (Lipinski definition) is 4. The third-order valence-electron chi connectivity index (χ3n) is 2.75. The first-order valence-electron chi connectivity index (χ1n) is 6.90. The van der Waals surface area contributed by atoms with Crippen molar-refractivity contribution in [1.82, 2.24) is 15.8 Å². The predicted octanol–water partition coefficient (Wildman–Crippen LogP) is 1.29. The van der Waals surface area contributed by atoms with Crippen LogP contribution in [-0.2, 0) is 9.59 Å². The van der Waals surface area contributed by atoms with Gasteiger partial charge in [-0.3, -0.25) is 25.2 Å². The van der Waals surface area contributed by atoms with E-state index >= 15 is 0 Å². The molecule has 126 valence electrons. The van der Waals surface area contributed by atoms with E-state index in [-0.39, 0.29) is 23.2 Å².